The summed E-state index contributed by atoms with van der Waals surface area (Å²) >= 11 is 5.74. The molecule has 0 radical (unpaired) electrons. The number of para-hydroxylation sites is 3. The molecule has 0 unspecified atom stereocenters. The van der Waals surface area contributed by atoms with E-state index in [9.17, 15) is 18.5 Å². The van der Waals surface area contributed by atoms with Crippen LogP contribution in [0.4, 0.5) is 11.4 Å². The van der Waals surface area contributed by atoms with Gasteiger partial charge in [0.15, 0.2) is 5.75 Å². The number of nitro benzene ring substituents is 1. The van der Waals surface area contributed by atoms with Gasteiger partial charge >= 0.3 is 0 Å². The van der Waals surface area contributed by atoms with Crippen LogP contribution in [0.3, 0.4) is 0 Å². The molecule has 7 nitrogen and oxygen atoms in total. The van der Waals surface area contributed by atoms with Crippen LogP contribution in [-0.2, 0) is 10.0 Å². The summed E-state index contributed by atoms with van der Waals surface area (Å²) in [5, 5.41) is 10.9. The van der Waals surface area contributed by atoms with Gasteiger partial charge in [-0.15, -0.1) is 0 Å². The van der Waals surface area contributed by atoms with Crippen LogP contribution in [0.1, 0.15) is 0 Å². The topological polar surface area (TPSA) is 98.5 Å². The lowest BCUT2D eigenvalue weighted by Crippen LogP contribution is -2.13. The Labute approximate surface area is 160 Å². The lowest BCUT2D eigenvalue weighted by atomic mass is 10.3. The van der Waals surface area contributed by atoms with E-state index in [1.165, 1.54) is 18.2 Å². The van der Waals surface area contributed by atoms with Crippen molar-refractivity contribution in [2.45, 2.75) is 4.90 Å². The van der Waals surface area contributed by atoms with Crippen molar-refractivity contribution in [3.05, 3.63) is 87.9 Å². The number of nitrogens with one attached hydrogen (secondary N) is 1. The summed E-state index contributed by atoms with van der Waals surface area (Å²) in [5.41, 5.74) is -0.299. The van der Waals surface area contributed by atoms with Gasteiger partial charge in [0.05, 0.1) is 15.5 Å². The molecule has 0 bridgehead atoms. The molecule has 27 heavy (non-hydrogen) atoms. The number of anilines is 1. The van der Waals surface area contributed by atoms with Crippen LogP contribution in [0.15, 0.2) is 77.7 Å². The maximum Gasteiger partial charge on any atom is 0.289 e. The second kappa shape index (κ2) is 7.65. The quantitative estimate of drug-likeness (QED) is 0.468. The number of nitro groups is 1. The van der Waals surface area contributed by atoms with E-state index in [1.807, 2.05) is 6.07 Å². The second-order valence-electron chi connectivity index (χ2n) is 5.39. The summed E-state index contributed by atoms with van der Waals surface area (Å²) in [6, 6.07) is 18.6. The van der Waals surface area contributed by atoms with Crippen LogP contribution in [0, 0.1) is 10.1 Å². The molecule has 0 amide bonds. The van der Waals surface area contributed by atoms with Crippen molar-refractivity contribution < 1.29 is 18.1 Å². The minimum atomic E-state index is -4.09. The zero-order valence-electron chi connectivity index (χ0n) is 13.7. The fourth-order valence-corrected chi connectivity index (χ4v) is 3.54. The van der Waals surface area contributed by atoms with Crippen LogP contribution in [0.25, 0.3) is 0 Å². The van der Waals surface area contributed by atoms with E-state index in [0.29, 0.717) is 5.75 Å². The van der Waals surface area contributed by atoms with Crippen LogP contribution in [0.5, 0.6) is 11.5 Å². The number of hydrogen-bond donors (Lipinski definition) is 1. The van der Waals surface area contributed by atoms with Gasteiger partial charge in [-0.1, -0.05) is 41.9 Å². The minimum Gasteiger partial charge on any atom is -0.455 e. The van der Waals surface area contributed by atoms with Gasteiger partial charge in [-0.3, -0.25) is 14.8 Å². The first-order valence-corrected chi connectivity index (χ1v) is 9.51. The maximum absolute atomic E-state index is 12.7. The first kappa shape index (κ1) is 18.7. The molecular weight excluding hydrogens is 392 g/mol. The van der Waals surface area contributed by atoms with E-state index in [2.05, 4.69) is 4.72 Å². The van der Waals surface area contributed by atoms with Crippen LogP contribution in [-0.4, -0.2) is 13.3 Å². The molecule has 0 aliphatic carbocycles. The molecule has 1 N–H and O–H groups in total. The zero-order chi connectivity index (χ0) is 19.4. The molecule has 0 aliphatic heterocycles. The third kappa shape index (κ3) is 4.36. The van der Waals surface area contributed by atoms with Gasteiger partial charge in [0, 0.05) is 6.07 Å². The van der Waals surface area contributed by atoms with Crippen LogP contribution in [0.2, 0.25) is 5.02 Å². The fourth-order valence-electron chi connectivity index (χ4n) is 2.26. The zero-order valence-corrected chi connectivity index (χ0v) is 15.3. The number of rotatable bonds is 6. The monoisotopic (exact) mass is 404 g/mol. The van der Waals surface area contributed by atoms with Gasteiger partial charge < -0.3 is 4.74 Å². The SMILES string of the molecule is O=[N+]([O-])c1cc(S(=O)(=O)Nc2ccccc2Oc2ccccc2)ccc1Cl. The molecule has 0 saturated carbocycles. The van der Waals surface area contributed by atoms with E-state index in [1.54, 1.807) is 42.5 Å². The molecule has 0 heterocycles. The third-order valence-electron chi connectivity index (χ3n) is 3.53. The lowest BCUT2D eigenvalue weighted by Gasteiger charge is -2.13. The number of hydrogen-bond acceptors (Lipinski definition) is 5. The Hall–Kier alpha value is -3.10. The van der Waals surface area contributed by atoms with Crippen molar-refractivity contribution in [2.75, 3.05) is 4.72 Å². The third-order valence-corrected chi connectivity index (χ3v) is 5.21. The van der Waals surface area contributed by atoms with Crippen molar-refractivity contribution in [1.29, 1.82) is 0 Å². The molecule has 3 aromatic carbocycles. The predicted molar refractivity (Wildman–Crippen MR) is 102 cm³/mol. The Bertz CT molecular complexity index is 1090. The highest BCUT2D eigenvalue weighted by Crippen LogP contribution is 2.32. The van der Waals surface area contributed by atoms with Gasteiger partial charge in [0.1, 0.15) is 10.8 Å². The Kier molecular flexibility index (Phi) is 5.29. The van der Waals surface area contributed by atoms with Crippen LogP contribution < -0.4 is 9.46 Å². The number of nitrogens with zero attached hydrogens (tertiary/aromatic N) is 1. The average Bonchev–Trinajstić information content (AvgIpc) is 2.64. The minimum absolute atomic E-state index is 0.147. The van der Waals surface area contributed by atoms with E-state index in [4.69, 9.17) is 16.3 Å². The van der Waals surface area contributed by atoms with Crippen molar-refractivity contribution in [3.63, 3.8) is 0 Å². The van der Waals surface area contributed by atoms with Crippen molar-refractivity contribution >= 4 is 33.0 Å². The fraction of sp³-hybridized carbons (Fsp3) is 0. The van der Waals surface area contributed by atoms with E-state index < -0.39 is 20.6 Å². The molecule has 3 rings (SSSR count). The molecule has 138 valence electrons. The highest BCUT2D eigenvalue weighted by Gasteiger charge is 2.22. The lowest BCUT2D eigenvalue weighted by molar-refractivity contribution is -0.384. The highest BCUT2D eigenvalue weighted by molar-refractivity contribution is 7.92. The smallest absolute Gasteiger partial charge is 0.289 e. The summed E-state index contributed by atoms with van der Waals surface area (Å²) < 4.78 is 33.4. The predicted octanol–water partition coefficient (Wildman–Crippen LogP) is 4.84. The van der Waals surface area contributed by atoms with E-state index >= 15 is 0 Å². The van der Waals surface area contributed by atoms with E-state index in [0.717, 1.165) is 6.07 Å². The Morgan fingerprint density at radius 3 is 2.33 bits per heavy atom. The van der Waals surface area contributed by atoms with Gasteiger partial charge in [0.25, 0.3) is 15.7 Å². The van der Waals surface area contributed by atoms with Gasteiger partial charge in [-0.25, -0.2) is 8.42 Å². The molecule has 0 aliphatic rings. The number of sulfonamides is 1. The van der Waals surface area contributed by atoms with Gasteiger partial charge in [-0.05, 0) is 36.4 Å². The molecule has 9 heteroatoms. The Morgan fingerprint density at radius 2 is 1.63 bits per heavy atom. The normalized spacial score (nSPS) is 11.0. The molecule has 0 aromatic heterocycles. The number of ether oxygens (including phenoxy) is 1. The average molecular weight is 405 g/mol. The Morgan fingerprint density at radius 1 is 0.963 bits per heavy atom. The molecule has 0 saturated heterocycles. The summed E-state index contributed by atoms with van der Waals surface area (Å²) in [6.07, 6.45) is 0. The second-order valence-corrected chi connectivity index (χ2v) is 7.48. The Balaban J connectivity index is 1.93. The van der Waals surface area contributed by atoms with Gasteiger partial charge in [0.2, 0.25) is 0 Å². The standard InChI is InChI=1S/C18H13ClN2O5S/c19-15-11-10-14(12-17(15)21(22)23)27(24,25)20-16-8-4-5-9-18(16)26-13-6-2-1-3-7-13/h1-12,20H. The van der Waals surface area contributed by atoms with E-state index in [-0.39, 0.29) is 21.4 Å². The summed E-state index contributed by atoms with van der Waals surface area (Å²) in [6.45, 7) is 0. The first-order chi connectivity index (χ1) is 12.9. The largest absolute Gasteiger partial charge is 0.455 e. The summed E-state index contributed by atoms with van der Waals surface area (Å²) in [4.78, 5) is 9.98. The highest BCUT2D eigenvalue weighted by atomic mass is 35.5. The first-order valence-electron chi connectivity index (χ1n) is 7.65. The summed E-state index contributed by atoms with van der Waals surface area (Å²) in [7, 11) is -4.09. The van der Waals surface area contributed by atoms with Crippen molar-refractivity contribution in [1.82, 2.24) is 0 Å². The molecule has 0 spiro atoms. The molecular formula is C18H13ClN2O5S. The van der Waals surface area contributed by atoms with Crippen molar-refractivity contribution in [2.24, 2.45) is 0 Å². The summed E-state index contributed by atoms with van der Waals surface area (Å²) in [5.74, 6) is 0.821. The molecule has 0 atom stereocenters. The van der Waals surface area contributed by atoms with Gasteiger partial charge in [-0.2, -0.15) is 0 Å². The molecule has 0 fully saturated rings. The van der Waals surface area contributed by atoms with Crippen LogP contribution >= 0.6 is 11.6 Å². The number of halogens is 1. The van der Waals surface area contributed by atoms with Crippen molar-refractivity contribution in [3.8, 4) is 11.5 Å². The maximum atomic E-state index is 12.7. The number of benzene rings is 3. The molecule has 3 aromatic rings.